The Balaban J connectivity index is 2.53. The molecule has 0 N–H and O–H groups in total. The summed E-state index contributed by atoms with van der Waals surface area (Å²) < 4.78 is 10.9. The quantitative estimate of drug-likeness (QED) is 0.764. The fourth-order valence-electron chi connectivity index (χ4n) is 1.83. The molecule has 0 saturated heterocycles. The number of hydrogen-bond acceptors (Lipinski definition) is 4. The van der Waals surface area contributed by atoms with Crippen molar-refractivity contribution in [2.75, 3.05) is 7.11 Å². The van der Waals surface area contributed by atoms with Gasteiger partial charge in [-0.15, -0.1) is 12.6 Å². The summed E-state index contributed by atoms with van der Waals surface area (Å²) in [6.45, 7) is 3.80. The van der Waals surface area contributed by atoms with Gasteiger partial charge in [-0.1, -0.05) is 0 Å². The van der Waals surface area contributed by atoms with E-state index in [2.05, 4.69) is 12.6 Å². The predicted octanol–water partition coefficient (Wildman–Crippen LogP) is 2.73. The zero-order valence-electron chi connectivity index (χ0n) is 9.53. The van der Waals surface area contributed by atoms with E-state index in [4.69, 9.17) is 9.47 Å². The van der Waals surface area contributed by atoms with Crippen LogP contribution in [-0.4, -0.2) is 18.5 Å². The maximum atomic E-state index is 11.9. The second-order valence-corrected chi connectivity index (χ2v) is 4.96. The van der Waals surface area contributed by atoms with Gasteiger partial charge in [-0.05, 0) is 26.0 Å². The maximum absolute atomic E-state index is 11.9. The first kappa shape index (κ1) is 11.3. The molecule has 3 nitrogen and oxygen atoms in total. The normalized spacial score (nSPS) is 17.6. The van der Waals surface area contributed by atoms with Crippen LogP contribution in [0.5, 0.6) is 11.5 Å². The fourth-order valence-corrected chi connectivity index (χ4v) is 2.10. The number of benzene rings is 1. The molecule has 0 radical (unpaired) electrons. The number of hydrogen-bond donors (Lipinski definition) is 1. The zero-order valence-corrected chi connectivity index (χ0v) is 10.4. The van der Waals surface area contributed by atoms with E-state index in [1.165, 1.54) is 0 Å². The number of ketones is 1. The lowest BCUT2D eigenvalue weighted by atomic mass is 9.93. The van der Waals surface area contributed by atoms with Crippen LogP contribution in [0.4, 0.5) is 0 Å². The Morgan fingerprint density at radius 3 is 2.75 bits per heavy atom. The molecule has 0 unspecified atom stereocenters. The van der Waals surface area contributed by atoms with E-state index in [1.807, 2.05) is 13.8 Å². The van der Waals surface area contributed by atoms with Crippen LogP contribution < -0.4 is 9.47 Å². The summed E-state index contributed by atoms with van der Waals surface area (Å²) in [6.07, 6.45) is 0.384. The van der Waals surface area contributed by atoms with Crippen LogP contribution in [0.3, 0.4) is 0 Å². The Hall–Kier alpha value is -1.16. The van der Waals surface area contributed by atoms with Crippen LogP contribution in [0.2, 0.25) is 0 Å². The number of rotatable bonds is 1. The van der Waals surface area contributed by atoms with Gasteiger partial charge in [0.2, 0.25) is 0 Å². The van der Waals surface area contributed by atoms with E-state index < -0.39 is 5.60 Å². The molecule has 86 valence electrons. The Morgan fingerprint density at radius 2 is 2.12 bits per heavy atom. The number of carbonyl (C=O) groups excluding carboxylic acids is 1. The van der Waals surface area contributed by atoms with Crippen LogP contribution in [0.25, 0.3) is 0 Å². The summed E-state index contributed by atoms with van der Waals surface area (Å²) in [6, 6.07) is 3.42. The fraction of sp³-hybridized carbons (Fsp3) is 0.417. The highest BCUT2D eigenvalue weighted by Crippen LogP contribution is 2.38. The standard InChI is InChI=1S/C12H14O3S/c1-12(2)6-8(13)7-4-10(14-3)11(16)5-9(7)15-12/h4-5,16H,6H2,1-3H3. The molecule has 2 rings (SSSR count). The number of methoxy groups -OCH3 is 1. The van der Waals surface area contributed by atoms with Crippen molar-refractivity contribution in [3.05, 3.63) is 17.7 Å². The van der Waals surface area contributed by atoms with Crippen molar-refractivity contribution in [1.82, 2.24) is 0 Å². The zero-order chi connectivity index (χ0) is 11.9. The number of fused-ring (bicyclic) bond motifs is 1. The SMILES string of the molecule is COc1cc2c(cc1S)OC(C)(C)CC2=O. The number of Topliss-reactive ketones (excluding diaryl/α,β-unsaturated/α-hetero) is 1. The molecule has 1 heterocycles. The molecule has 0 saturated carbocycles. The van der Waals surface area contributed by atoms with Crippen LogP contribution in [0, 0.1) is 0 Å². The van der Waals surface area contributed by atoms with Gasteiger partial charge in [-0.25, -0.2) is 0 Å². The van der Waals surface area contributed by atoms with Crippen LogP contribution in [0.15, 0.2) is 17.0 Å². The van der Waals surface area contributed by atoms with Gasteiger partial charge in [-0.3, -0.25) is 4.79 Å². The molecule has 0 atom stereocenters. The largest absolute Gasteiger partial charge is 0.496 e. The molecule has 16 heavy (non-hydrogen) atoms. The molecule has 1 aromatic carbocycles. The highest BCUT2D eigenvalue weighted by atomic mass is 32.1. The third kappa shape index (κ3) is 1.89. The second kappa shape index (κ2) is 3.70. The monoisotopic (exact) mass is 238 g/mol. The average molecular weight is 238 g/mol. The Morgan fingerprint density at radius 1 is 1.44 bits per heavy atom. The van der Waals surface area contributed by atoms with E-state index in [0.29, 0.717) is 28.4 Å². The number of carbonyl (C=O) groups is 1. The molecule has 0 aromatic heterocycles. The summed E-state index contributed by atoms with van der Waals surface area (Å²) in [7, 11) is 1.56. The Bertz CT molecular complexity index is 452. The van der Waals surface area contributed by atoms with Crippen molar-refractivity contribution in [2.24, 2.45) is 0 Å². The molecular weight excluding hydrogens is 224 g/mol. The predicted molar refractivity (Wildman–Crippen MR) is 63.9 cm³/mol. The lowest BCUT2D eigenvalue weighted by Gasteiger charge is -2.31. The van der Waals surface area contributed by atoms with Gasteiger partial charge in [0.05, 0.1) is 19.1 Å². The molecule has 0 bridgehead atoms. The lowest BCUT2D eigenvalue weighted by molar-refractivity contribution is 0.0617. The van der Waals surface area contributed by atoms with Crippen LogP contribution >= 0.6 is 12.6 Å². The summed E-state index contributed by atoms with van der Waals surface area (Å²) in [5, 5.41) is 0. The summed E-state index contributed by atoms with van der Waals surface area (Å²) >= 11 is 4.28. The first-order valence-corrected chi connectivity index (χ1v) is 5.51. The van der Waals surface area contributed by atoms with Crippen molar-refractivity contribution < 1.29 is 14.3 Å². The van der Waals surface area contributed by atoms with Gasteiger partial charge in [0.25, 0.3) is 0 Å². The molecular formula is C12H14O3S. The van der Waals surface area contributed by atoms with E-state index in [0.717, 1.165) is 0 Å². The Labute approximate surface area is 100 Å². The van der Waals surface area contributed by atoms with Crippen molar-refractivity contribution >= 4 is 18.4 Å². The third-order valence-electron chi connectivity index (χ3n) is 2.55. The topological polar surface area (TPSA) is 35.5 Å². The van der Waals surface area contributed by atoms with E-state index in [9.17, 15) is 4.79 Å². The van der Waals surface area contributed by atoms with Gasteiger partial charge in [0.15, 0.2) is 5.78 Å². The van der Waals surface area contributed by atoms with E-state index >= 15 is 0 Å². The molecule has 0 amide bonds. The highest BCUT2D eigenvalue weighted by Gasteiger charge is 2.33. The molecule has 4 heteroatoms. The molecule has 1 aliphatic heterocycles. The van der Waals surface area contributed by atoms with Gasteiger partial charge >= 0.3 is 0 Å². The summed E-state index contributed by atoms with van der Waals surface area (Å²) in [4.78, 5) is 12.6. The van der Waals surface area contributed by atoms with E-state index in [1.54, 1.807) is 19.2 Å². The first-order chi connectivity index (χ1) is 7.43. The van der Waals surface area contributed by atoms with Gasteiger partial charge < -0.3 is 9.47 Å². The summed E-state index contributed by atoms with van der Waals surface area (Å²) in [5.74, 6) is 1.27. The van der Waals surface area contributed by atoms with Crippen molar-refractivity contribution in [1.29, 1.82) is 0 Å². The first-order valence-electron chi connectivity index (χ1n) is 5.06. The number of thiol groups is 1. The minimum absolute atomic E-state index is 0.0814. The van der Waals surface area contributed by atoms with E-state index in [-0.39, 0.29) is 5.78 Å². The molecule has 1 aromatic rings. The van der Waals surface area contributed by atoms with Gasteiger partial charge in [-0.2, -0.15) is 0 Å². The minimum Gasteiger partial charge on any atom is -0.496 e. The summed E-state index contributed by atoms with van der Waals surface area (Å²) in [5.41, 5.74) is 0.132. The average Bonchev–Trinajstić information content (AvgIpc) is 2.14. The molecule has 0 spiro atoms. The minimum atomic E-state index is -0.446. The van der Waals surface area contributed by atoms with Crippen molar-refractivity contribution in [3.63, 3.8) is 0 Å². The second-order valence-electron chi connectivity index (χ2n) is 4.48. The van der Waals surface area contributed by atoms with Crippen LogP contribution in [-0.2, 0) is 0 Å². The Kier molecular flexibility index (Phi) is 2.62. The van der Waals surface area contributed by atoms with Crippen LogP contribution in [0.1, 0.15) is 30.6 Å². The van der Waals surface area contributed by atoms with Crippen molar-refractivity contribution in [2.45, 2.75) is 30.8 Å². The third-order valence-corrected chi connectivity index (χ3v) is 2.90. The molecule has 1 aliphatic rings. The smallest absolute Gasteiger partial charge is 0.170 e. The van der Waals surface area contributed by atoms with Crippen molar-refractivity contribution in [3.8, 4) is 11.5 Å². The maximum Gasteiger partial charge on any atom is 0.170 e. The van der Waals surface area contributed by atoms with Gasteiger partial charge in [0.1, 0.15) is 17.1 Å². The number of ether oxygens (including phenoxy) is 2. The lowest BCUT2D eigenvalue weighted by Crippen LogP contribution is -2.35. The molecule has 0 aliphatic carbocycles. The molecule has 0 fully saturated rings. The highest BCUT2D eigenvalue weighted by molar-refractivity contribution is 7.80. The van der Waals surface area contributed by atoms with Gasteiger partial charge in [0, 0.05) is 4.90 Å².